The highest BCUT2D eigenvalue weighted by Crippen LogP contribution is 2.48. The van der Waals surface area contributed by atoms with Crippen LogP contribution in [-0.2, 0) is 5.54 Å². The highest BCUT2D eigenvalue weighted by molar-refractivity contribution is 7.27. The van der Waals surface area contributed by atoms with Gasteiger partial charge in [-0.2, -0.15) is 0 Å². The maximum atomic E-state index is 7.22. The van der Waals surface area contributed by atoms with Gasteiger partial charge in [-0.25, -0.2) is 0 Å². The molecular formula is C43H30N2S. The number of rotatable bonds is 3. The fourth-order valence-electron chi connectivity index (χ4n) is 7.35. The van der Waals surface area contributed by atoms with E-state index in [1.165, 1.54) is 58.1 Å². The summed E-state index contributed by atoms with van der Waals surface area (Å²) in [7, 11) is 0. The smallest absolute Gasteiger partial charge is 0.0875 e. The van der Waals surface area contributed by atoms with Crippen LogP contribution < -0.4 is 11.5 Å². The molecule has 0 saturated heterocycles. The standard InChI is InChI=1S/C43H30N2S/c44-41(28-12-2-1-3-13-28)37-19-10-11-25-43(37,45)29-23-21-27(22-24-29)35-26-36-32-16-5-4-14-30(32)31-15-6-7-17-33(31)39(36)42-40(35)34-18-8-9-20-38(34)46-42/h1-26H,44-45H2/b41-37-. The first kappa shape index (κ1) is 26.9. The normalized spacial score (nSPS) is 17.5. The summed E-state index contributed by atoms with van der Waals surface area (Å²) in [6.45, 7) is 0. The van der Waals surface area contributed by atoms with Crippen LogP contribution in [0, 0.1) is 0 Å². The molecule has 1 aliphatic carbocycles. The average molecular weight is 607 g/mol. The minimum absolute atomic E-state index is 0.688. The third-order valence-electron chi connectivity index (χ3n) is 9.58. The molecule has 9 rings (SSSR count). The summed E-state index contributed by atoms with van der Waals surface area (Å²) in [5, 5.41) is 10.4. The third-order valence-corrected chi connectivity index (χ3v) is 10.8. The lowest BCUT2D eigenvalue weighted by Gasteiger charge is -2.32. The lowest BCUT2D eigenvalue weighted by atomic mass is 9.78. The number of thiophene rings is 1. The molecule has 0 bridgehead atoms. The zero-order chi connectivity index (χ0) is 30.8. The summed E-state index contributed by atoms with van der Waals surface area (Å²) in [6, 6.07) is 47.7. The molecule has 46 heavy (non-hydrogen) atoms. The Hall–Kier alpha value is -5.48. The Labute approximate surface area is 271 Å². The van der Waals surface area contributed by atoms with Gasteiger partial charge in [-0.15, -0.1) is 11.3 Å². The molecule has 7 aromatic carbocycles. The van der Waals surface area contributed by atoms with Crippen LogP contribution >= 0.6 is 11.3 Å². The zero-order valence-corrected chi connectivity index (χ0v) is 25.9. The fourth-order valence-corrected chi connectivity index (χ4v) is 8.64. The van der Waals surface area contributed by atoms with Gasteiger partial charge in [0.05, 0.1) is 5.54 Å². The monoisotopic (exact) mass is 606 g/mol. The van der Waals surface area contributed by atoms with Crippen molar-refractivity contribution in [1.29, 1.82) is 0 Å². The number of fused-ring (bicyclic) bond motifs is 10. The maximum absolute atomic E-state index is 7.22. The van der Waals surface area contributed by atoms with E-state index < -0.39 is 5.54 Å². The van der Waals surface area contributed by atoms with Crippen LogP contribution in [0.2, 0.25) is 0 Å². The summed E-state index contributed by atoms with van der Waals surface area (Å²) in [4.78, 5) is 0. The Morgan fingerprint density at radius 1 is 0.565 bits per heavy atom. The van der Waals surface area contributed by atoms with E-state index in [9.17, 15) is 0 Å². The Kier molecular flexibility index (Phi) is 6.01. The molecule has 0 radical (unpaired) electrons. The predicted molar refractivity (Wildman–Crippen MR) is 199 cm³/mol. The second kappa shape index (κ2) is 10.3. The highest BCUT2D eigenvalue weighted by Gasteiger charge is 2.31. The molecule has 3 heteroatoms. The van der Waals surface area contributed by atoms with E-state index in [1.54, 1.807) is 0 Å². The van der Waals surface area contributed by atoms with Crippen LogP contribution in [-0.4, -0.2) is 0 Å². The Bertz CT molecular complexity index is 2590. The summed E-state index contributed by atoms with van der Waals surface area (Å²) < 4.78 is 2.63. The quantitative estimate of drug-likeness (QED) is 0.197. The van der Waals surface area contributed by atoms with Gasteiger partial charge >= 0.3 is 0 Å². The fraction of sp³-hybridized carbons (Fsp3) is 0.0233. The van der Waals surface area contributed by atoms with Crippen LogP contribution in [0.4, 0.5) is 0 Å². The van der Waals surface area contributed by atoms with Gasteiger partial charge in [-0.3, -0.25) is 0 Å². The van der Waals surface area contributed by atoms with Crippen LogP contribution in [0.5, 0.6) is 0 Å². The molecule has 4 N–H and O–H groups in total. The van der Waals surface area contributed by atoms with Crippen molar-refractivity contribution in [2.45, 2.75) is 5.54 Å². The summed E-state index contributed by atoms with van der Waals surface area (Å²) >= 11 is 1.89. The molecule has 1 aromatic heterocycles. The predicted octanol–water partition coefficient (Wildman–Crippen LogP) is 10.8. The van der Waals surface area contributed by atoms with Crippen molar-refractivity contribution in [2.24, 2.45) is 11.5 Å². The van der Waals surface area contributed by atoms with E-state index in [4.69, 9.17) is 11.5 Å². The van der Waals surface area contributed by atoms with E-state index in [-0.39, 0.29) is 0 Å². The van der Waals surface area contributed by atoms with E-state index in [2.05, 4.69) is 103 Å². The third kappa shape index (κ3) is 3.93. The number of hydrogen-bond acceptors (Lipinski definition) is 3. The Morgan fingerprint density at radius 3 is 1.91 bits per heavy atom. The van der Waals surface area contributed by atoms with E-state index in [1.807, 2.05) is 66.0 Å². The molecule has 0 saturated carbocycles. The lowest BCUT2D eigenvalue weighted by molar-refractivity contribution is 0.676. The first-order valence-electron chi connectivity index (χ1n) is 15.6. The van der Waals surface area contributed by atoms with Crippen molar-refractivity contribution in [3.8, 4) is 11.1 Å². The molecular weight excluding hydrogens is 577 g/mol. The number of benzene rings is 7. The van der Waals surface area contributed by atoms with Gasteiger partial charge in [-0.05, 0) is 61.3 Å². The van der Waals surface area contributed by atoms with Crippen molar-refractivity contribution in [2.75, 3.05) is 0 Å². The molecule has 0 fully saturated rings. The molecule has 1 atom stereocenters. The van der Waals surface area contributed by atoms with E-state index in [0.29, 0.717) is 5.70 Å². The van der Waals surface area contributed by atoms with Gasteiger partial charge in [0.25, 0.3) is 0 Å². The van der Waals surface area contributed by atoms with Gasteiger partial charge in [0.1, 0.15) is 0 Å². The lowest BCUT2D eigenvalue weighted by Crippen LogP contribution is -2.38. The SMILES string of the molecule is N/C(=C1/C=CC=CC1(N)c1ccc(-c2cc3c4ccccc4c4ccccc4c3c3sc4ccccc4c23)cc1)c1ccccc1. The van der Waals surface area contributed by atoms with E-state index in [0.717, 1.165) is 22.3 Å². The second-order valence-corrected chi connectivity index (χ2v) is 13.2. The van der Waals surface area contributed by atoms with Crippen LogP contribution in [0.1, 0.15) is 11.1 Å². The van der Waals surface area contributed by atoms with Crippen molar-refractivity contribution < 1.29 is 0 Å². The molecule has 1 unspecified atom stereocenters. The molecule has 0 aliphatic heterocycles. The average Bonchev–Trinajstić information content (AvgIpc) is 3.51. The van der Waals surface area contributed by atoms with E-state index >= 15 is 0 Å². The second-order valence-electron chi connectivity index (χ2n) is 12.1. The van der Waals surface area contributed by atoms with Crippen molar-refractivity contribution in [3.63, 3.8) is 0 Å². The Morgan fingerprint density at radius 2 is 1.17 bits per heavy atom. The van der Waals surface area contributed by atoms with Crippen LogP contribution in [0.3, 0.4) is 0 Å². The molecule has 0 spiro atoms. The first-order valence-corrected chi connectivity index (χ1v) is 16.4. The largest absolute Gasteiger partial charge is 0.398 e. The van der Waals surface area contributed by atoms with Gasteiger partial charge in [0.15, 0.2) is 0 Å². The van der Waals surface area contributed by atoms with Crippen LogP contribution in [0.25, 0.3) is 69.3 Å². The first-order chi connectivity index (χ1) is 22.6. The molecule has 1 heterocycles. The highest BCUT2D eigenvalue weighted by atomic mass is 32.1. The summed E-state index contributed by atoms with van der Waals surface area (Å²) in [5.74, 6) is 0. The van der Waals surface area contributed by atoms with Gasteiger partial charge in [-0.1, -0.05) is 146 Å². The zero-order valence-electron chi connectivity index (χ0n) is 25.1. The summed E-state index contributed by atoms with van der Waals surface area (Å²) in [5.41, 5.74) is 19.1. The molecule has 2 nitrogen and oxygen atoms in total. The van der Waals surface area contributed by atoms with Crippen molar-refractivity contribution in [1.82, 2.24) is 0 Å². The van der Waals surface area contributed by atoms with Gasteiger partial charge < -0.3 is 11.5 Å². The molecule has 1 aliphatic rings. The maximum Gasteiger partial charge on any atom is 0.0875 e. The van der Waals surface area contributed by atoms with Crippen LogP contribution in [0.15, 0.2) is 163 Å². The minimum Gasteiger partial charge on any atom is -0.398 e. The van der Waals surface area contributed by atoms with Crippen molar-refractivity contribution >= 4 is 69.5 Å². The Balaban J connectivity index is 1.30. The number of hydrogen-bond donors (Lipinski definition) is 2. The van der Waals surface area contributed by atoms with Crippen molar-refractivity contribution in [3.05, 3.63) is 174 Å². The summed E-state index contributed by atoms with van der Waals surface area (Å²) in [6.07, 6.45) is 8.10. The topological polar surface area (TPSA) is 52.0 Å². The minimum atomic E-state index is -0.851. The molecule has 8 aromatic rings. The number of nitrogens with two attached hydrogens (primary N) is 2. The molecule has 218 valence electrons. The molecule has 0 amide bonds. The number of allylic oxidation sites excluding steroid dienone is 2. The van der Waals surface area contributed by atoms with Gasteiger partial charge in [0, 0.05) is 36.8 Å². The van der Waals surface area contributed by atoms with Gasteiger partial charge in [0.2, 0.25) is 0 Å².